The molecule has 0 spiro atoms. The highest BCUT2D eigenvalue weighted by atomic mass is 16.5. The molecule has 1 aliphatic heterocycles. The van der Waals surface area contributed by atoms with Crippen LogP contribution in [0.1, 0.15) is 39.5 Å². The maximum absolute atomic E-state index is 5.43. The summed E-state index contributed by atoms with van der Waals surface area (Å²) in [5, 5.41) is 3.59. The molecule has 0 radical (unpaired) electrons. The quantitative estimate of drug-likeness (QED) is 0.753. The number of methoxy groups -OCH3 is 1. The average Bonchev–Trinajstić information content (AvgIpc) is 3.18. The molecule has 106 valence electrons. The zero-order chi connectivity index (χ0) is 13.0. The van der Waals surface area contributed by atoms with Crippen molar-refractivity contribution in [1.29, 1.82) is 0 Å². The fourth-order valence-electron chi connectivity index (χ4n) is 3.16. The Morgan fingerprint density at radius 1 is 1.28 bits per heavy atom. The third kappa shape index (κ3) is 4.22. The van der Waals surface area contributed by atoms with Crippen LogP contribution in [0.5, 0.6) is 0 Å². The summed E-state index contributed by atoms with van der Waals surface area (Å²) in [6, 6.07) is 1.30. The molecule has 2 rings (SSSR count). The Morgan fingerprint density at radius 2 is 2.06 bits per heavy atom. The minimum absolute atomic E-state index is 0.610. The van der Waals surface area contributed by atoms with E-state index in [-0.39, 0.29) is 0 Å². The lowest BCUT2D eigenvalue weighted by molar-refractivity contribution is 0.0481. The molecule has 0 aromatic heterocycles. The van der Waals surface area contributed by atoms with E-state index < -0.39 is 0 Å². The van der Waals surface area contributed by atoms with Gasteiger partial charge in [0.2, 0.25) is 0 Å². The van der Waals surface area contributed by atoms with E-state index in [1.54, 1.807) is 0 Å². The third-order valence-corrected chi connectivity index (χ3v) is 4.34. The van der Waals surface area contributed by atoms with Crippen LogP contribution in [0.15, 0.2) is 0 Å². The van der Waals surface area contributed by atoms with E-state index in [2.05, 4.69) is 24.1 Å². The van der Waals surface area contributed by atoms with Crippen molar-refractivity contribution in [3.63, 3.8) is 0 Å². The van der Waals surface area contributed by atoms with E-state index in [4.69, 9.17) is 4.74 Å². The third-order valence-electron chi connectivity index (χ3n) is 4.34. The normalized spacial score (nSPS) is 27.7. The first-order valence-electron chi connectivity index (χ1n) is 7.67. The van der Waals surface area contributed by atoms with Gasteiger partial charge in [-0.25, -0.2) is 0 Å². The second-order valence-corrected chi connectivity index (χ2v) is 6.43. The first kappa shape index (κ1) is 14.3. The van der Waals surface area contributed by atoms with Crippen molar-refractivity contribution in [3.8, 4) is 0 Å². The number of rotatable bonds is 7. The van der Waals surface area contributed by atoms with Crippen LogP contribution in [0, 0.1) is 11.8 Å². The summed E-state index contributed by atoms with van der Waals surface area (Å²) >= 11 is 0. The van der Waals surface area contributed by atoms with Crippen molar-refractivity contribution in [2.45, 2.75) is 51.6 Å². The Balaban J connectivity index is 1.80. The Kier molecular flexibility index (Phi) is 5.46. The number of hydrogen-bond donors (Lipinski definition) is 1. The highest BCUT2D eigenvalue weighted by Gasteiger charge is 2.36. The van der Waals surface area contributed by atoms with Gasteiger partial charge in [-0.2, -0.15) is 0 Å². The Hall–Kier alpha value is -0.120. The molecule has 18 heavy (non-hydrogen) atoms. The number of piperidine rings is 1. The van der Waals surface area contributed by atoms with E-state index in [0.717, 1.165) is 18.4 Å². The zero-order valence-electron chi connectivity index (χ0n) is 12.3. The number of ether oxygens (including phenoxy) is 1. The van der Waals surface area contributed by atoms with Crippen LogP contribution >= 0.6 is 0 Å². The molecule has 1 saturated carbocycles. The molecular formula is C15H30N2O. The molecule has 0 aromatic rings. The van der Waals surface area contributed by atoms with Crippen molar-refractivity contribution in [1.82, 2.24) is 10.2 Å². The van der Waals surface area contributed by atoms with Gasteiger partial charge in [0.1, 0.15) is 0 Å². The number of likely N-dealkylation sites (tertiary alicyclic amines) is 1. The van der Waals surface area contributed by atoms with Gasteiger partial charge in [0.25, 0.3) is 0 Å². The summed E-state index contributed by atoms with van der Waals surface area (Å²) in [5.41, 5.74) is 0. The van der Waals surface area contributed by atoms with E-state index in [1.165, 1.54) is 45.3 Å². The molecule has 2 aliphatic rings. The lowest BCUT2D eigenvalue weighted by atomic mass is 9.95. The largest absolute Gasteiger partial charge is 0.383 e. The summed E-state index contributed by atoms with van der Waals surface area (Å²) in [5.74, 6) is 1.75. The molecule has 0 amide bonds. The second-order valence-electron chi connectivity index (χ2n) is 6.43. The molecule has 3 nitrogen and oxygen atoms in total. The van der Waals surface area contributed by atoms with E-state index in [0.29, 0.717) is 12.1 Å². The molecule has 1 saturated heterocycles. The molecule has 2 atom stereocenters. The lowest BCUT2D eigenvalue weighted by Crippen LogP contribution is -2.48. The molecule has 1 heterocycles. The van der Waals surface area contributed by atoms with Crippen molar-refractivity contribution >= 4 is 0 Å². The highest BCUT2D eigenvalue weighted by molar-refractivity contribution is 4.90. The fourth-order valence-corrected chi connectivity index (χ4v) is 3.16. The molecule has 2 unspecified atom stereocenters. The first-order chi connectivity index (χ1) is 8.70. The van der Waals surface area contributed by atoms with Gasteiger partial charge in [0.15, 0.2) is 0 Å². The van der Waals surface area contributed by atoms with Gasteiger partial charge in [-0.3, -0.25) is 4.90 Å². The predicted octanol–water partition coefficient (Wildman–Crippen LogP) is 2.12. The van der Waals surface area contributed by atoms with Gasteiger partial charge >= 0.3 is 0 Å². The summed E-state index contributed by atoms with van der Waals surface area (Å²) < 4.78 is 5.43. The van der Waals surface area contributed by atoms with Crippen molar-refractivity contribution in [3.05, 3.63) is 0 Å². The van der Waals surface area contributed by atoms with E-state index in [9.17, 15) is 0 Å². The van der Waals surface area contributed by atoms with Gasteiger partial charge in [-0.15, -0.1) is 0 Å². The van der Waals surface area contributed by atoms with Crippen LogP contribution in [0.3, 0.4) is 0 Å². The van der Waals surface area contributed by atoms with Crippen LogP contribution in [0.2, 0.25) is 0 Å². The molecule has 0 aromatic carbocycles. The zero-order valence-corrected chi connectivity index (χ0v) is 12.3. The molecule has 1 N–H and O–H groups in total. The lowest BCUT2D eigenvalue weighted by Gasteiger charge is -2.38. The first-order valence-corrected chi connectivity index (χ1v) is 7.67. The van der Waals surface area contributed by atoms with Gasteiger partial charge in [-0.1, -0.05) is 13.8 Å². The minimum Gasteiger partial charge on any atom is -0.383 e. The molecule has 2 fully saturated rings. The Morgan fingerprint density at radius 3 is 2.67 bits per heavy atom. The second kappa shape index (κ2) is 6.88. The molecule has 3 heteroatoms. The average molecular weight is 254 g/mol. The van der Waals surface area contributed by atoms with E-state index >= 15 is 0 Å². The molecule has 0 bridgehead atoms. The van der Waals surface area contributed by atoms with Crippen LogP contribution < -0.4 is 5.32 Å². The summed E-state index contributed by atoms with van der Waals surface area (Å²) in [6.07, 6.45) is 5.58. The fraction of sp³-hybridized carbons (Fsp3) is 1.00. The standard InChI is InChI=1S/C15H30N2O/c1-12(2)16-9-13-5-4-8-17(10-13)15(11-18-3)14-6-7-14/h12-16H,4-11H2,1-3H3. The maximum Gasteiger partial charge on any atom is 0.0620 e. The minimum atomic E-state index is 0.610. The SMILES string of the molecule is COCC(C1CC1)N1CCCC(CNC(C)C)C1. The van der Waals surface area contributed by atoms with Gasteiger partial charge < -0.3 is 10.1 Å². The van der Waals surface area contributed by atoms with E-state index in [1.807, 2.05) is 7.11 Å². The summed E-state index contributed by atoms with van der Waals surface area (Å²) in [6.45, 7) is 9.12. The Bertz CT molecular complexity index is 241. The summed E-state index contributed by atoms with van der Waals surface area (Å²) in [4.78, 5) is 2.71. The van der Waals surface area contributed by atoms with Crippen LogP contribution in [-0.4, -0.2) is 50.3 Å². The van der Waals surface area contributed by atoms with Crippen molar-refractivity contribution < 1.29 is 4.74 Å². The predicted molar refractivity (Wildman–Crippen MR) is 75.8 cm³/mol. The van der Waals surface area contributed by atoms with Crippen molar-refractivity contribution in [2.75, 3.05) is 33.4 Å². The van der Waals surface area contributed by atoms with Gasteiger partial charge in [-0.05, 0) is 50.6 Å². The van der Waals surface area contributed by atoms with Crippen molar-refractivity contribution in [2.24, 2.45) is 11.8 Å². The van der Waals surface area contributed by atoms with Crippen LogP contribution in [0.25, 0.3) is 0 Å². The van der Waals surface area contributed by atoms with Gasteiger partial charge in [0.05, 0.1) is 6.61 Å². The highest BCUT2D eigenvalue weighted by Crippen LogP contribution is 2.36. The molecule has 1 aliphatic carbocycles. The topological polar surface area (TPSA) is 24.5 Å². The summed E-state index contributed by atoms with van der Waals surface area (Å²) in [7, 11) is 1.84. The maximum atomic E-state index is 5.43. The van der Waals surface area contributed by atoms with Crippen LogP contribution in [-0.2, 0) is 4.74 Å². The smallest absolute Gasteiger partial charge is 0.0620 e. The van der Waals surface area contributed by atoms with Gasteiger partial charge in [0, 0.05) is 25.7 Å². The Labute approximate surface area is 112 Å². The molecular weight excluding hydrogens is 224 g/mol. The van der Waals surface area contributed by atoms with Crippen LogP contribution in [0.4, 0.5) is 0 Å². The number of nitrogens with zero attached hydrogens (tertiary/aromatic N) is 1. The number of nitrogens with one attached hydrogen (secondary N) is 1. The number of hydrogen-bond acceptors (Lipinski definition) is 3. The monoisotopic (exact) mass is 254 g/mol.